The molecule has 0 spiro atoms. The fourth-order valence-corrected chi connectivity index (χ4v) is 2.89. The zero-order valence-electron chi connectivity index (χ0n) is 9.66. The second-order valence-electron chi connectivity index (χ2n) is 4.82. The Kier molecular flexibility index (Phi) is 1.93. The maximum atomic E-state index is 11.1. The van der Waals surface area contributed by atoms with Gasteiger partial charge in [0.15, 0.2) is 0 Å². The zero-order chi connectivity index (χ0) is 12.0. The highest BCUT2D eigenvalue weighted by Crippen LogP contribution is 2.40. The maximum absolute atomic E-state index is 11.1. The largest absolute Gasteiger partial charge is 0.352 e. The number of primary amides is 1. The number of rotatable bonds is 1. The van der Waals surface area contributed by atoms with Gasteiger partial charge < -0.3 is 11.1 Å². The SMILES string of the molecule is C[C@]1(NC(N)=O)Cc2cccc3cccc1c23. The van der Waals surface area contributed by atoms with Crippen LogP contribution in [-0.4, -0.2) is 6.03 Å². The number of benzene rings is 2. The van der Waals surface area contributed by atoms with Gasteiger partial charge in [-0.05, 0) is 28.8 Å². The monoisotopic (exact) mass is 226 g/mol. The molecule has 0 radical (unpaired) electrons. The van der Waals surface area contributed by atoms with Crippen molar-refractivity contribution in [2.45, 2.75) is 18.9 Å². The summed E-state index contributed by atoms with van der Waals surface area (Å²) in [7, 11) is 0. The first-order chi connectivity index (χ1) is 8.10. The molecule has 0 unspecified atom stereocenters. The number of carbonyl (C=O) groups excluding carboxylic acids is 1. The van der Waals surface area contributed by atoms with Crippen molar-refractivity contribution in [3.8, 4) is 0 Å². The van der Waals surface area contributed by atoms with E-state index in [-0.39, 0.29) is 5.54 Å². The molecule has 0 saturated carbocycles. The van der Waals surface area contributed by atoms with Crippen molar-refractivity contribution < 1.29 is 4.79 Å². The average Bonchev–Trinajstić information content (AvgIpc) is 2.54. The van der Waals surface area contributed by atoms with Crippen LogP contribution in [0.5, 0.6) is 0 Å². The third-order valence-electron chi connectivity index (χ3n) is 3.53. The van der Waals surface area contributed by atoms with E-state index < -0.39 is 6.03 Å². The Morgan fingerprint density at radius 3 is 2.71 bits per heavy atom. The van der Waals surface area contributed by atoms with Gasteiger partial charge in [-0.3, -0.25) is 0 Å². The fraction of sp³-hybridized carbons (Fsp3) is 0.214. The predicted octanol–water partition coefficient (Wildman–Crippen LogP) is 2.28. The molecule has 17 heavy (non-hydrogen) atoms. The standard InChI is InChI=1S/C14H14N2O/c1-14(16-13(15)17)8-10-6-2-4-9-5-3-7-11(14)12(9)10/h2-7H,8H2,1H3,(H3,15,16,17)/t14-/m0/s1. The molecule has 1 atom stereocenters. The van der Waals surface area contributed by atoms with Gasteiger partial charge in [-0.1, -0.05) is 36.4 Å². The second kappa shape index (κ2) is 3.23. The minimum Gasteiger partial charge on any atom is -0.352 e. The van der Waals surface area contributed by atoms with E-state index in [1.165, 1.54) is 16.3 Å². The number of carbonyl (C=O) groups is 1. The van der Waals surface area contributed by atoms with Gasteiger partial charge in [-0.25, -0.2) is 4.79 Å². The molecule has 0 bridgehead atoms. The molecule has 2 amide bonds. The number of hydrogen-bond acceptors (Lipinski definition) is 1. The Morgan fingerprint density at radius 2 is 2.00 bits per heavy atom. The summed E-state index contributed by atoms with van der Waals surface area (Å²) >= 11 is 0. The molecule has 0 heterocycles. The number of nitrogens with one attached hydrogen (secondary N) is 1. The lowest BCUT2D eigenvalue weighted by Gasteiger charge is -2.26. The molecule has 0 fully saturated rings. The van der Waals surface area contributed by atoms with Crippen molar-refractivity contribution in [3.05, 3.63) is 47.5 Å². The number of amides is 2. The predicted molar refractivity (Wildman–Crippen MR) is 67.7 cm³/mol. The molecule has 2 aromatic rings. The van der Waals surface area contributed by atoms with E-state index in [4.69, 9.17) is 5.73 Å². The van der Waals surface area contributed by atoms with E-state index >= 15 is 0 Å². The molecule has 3 heteroatoms. The van der Waals surface area contributed by atoms with Crippen molar-refractivity contribution in [1.29, 1.82) is 0 Å². The number of hydrogen-bond donors (Lipinski definition) is 2. The van der Waals surface area contributed by atoms with Crippen molar-refractivity contribution in [2.24, 2.45) is 5.73 Å². The average molecular weight is 226 g/mol. The van der Waals surface area contributed by atoms with Crippen LogP contribution in [0.15, 0.2) is 36.4 Å². The highest BCUT2D eigenvalue weighted by atomic mass is 16.2. The van der Waals surface area contributed by atoms with E-state index in [1.807, 2.05) is 13.0 Å². The topological polar surface area (TPSA) is 55.1 Å². The highest BCUT2D eigenvalue weighted by Gasteiger charge is 2.35. The van der Waals surface area contributed by atoms with E-state index in [1.54, 1.807) is 0 Å². The van der Waals surface area contributed by atoms with Crippen LogP contribution in [-0.2, 0) is 12.0 Å². The van der Waals surface area contributed by atoms with Crippen LogP contribution in [0.4, 0.5) is 4.79 Å². The summed E-state index contributed by atoms with van der Waals surface area (Å²) < 4.78 is 0. The molecule has 3 rings (SSSR count). The van der Waals surface area contributed by atoms with Crippen LogP contribution in [0.2, 0.25) is 0 Å². The van der Waals surface area contributed by atoms with Crippen LogP contribution in [0, 0.1) is 0 Å². The summed E-state index contributed by atoms with van der Waals surface area (Å²) in [6.07, 6.45) is 0.798. The molecule has 86 valence electrons. The summed E-state index contributed by atoms with van der Waals surface area (Å²) in [6.45, 7) is 2.02. The Hall–Kier alpha value is -2.03. The second-order valence-corrected chi connectivity index (χ2v) is 4.82. The van der Waals surface area contributed by atoms with Crippen LogP contribution >= 0.6 is 0 Å². The number of urea groups is 1. The molecule has 1 aliphatic rings. The van der Waals surface area contributed by atoms with E-state index in [9.17, 15) is 4.79 Å². The smallest absolute Gasteiger partial charge is 0.312 e. The van der Waals surface area contributed by atoms with Gasteiger partial charge in [-0.2, -0.15) is 0 Å². The van der Waals surface area contributed by atoms with E-state index in [0.717, 1.165) is 12.0 Å². The third-order valence-corrected chi connectivity index (χ3v) is 3.53. The van der Waals surface area contributed by atoms with Gasteiger partial charge in [-0.15, -0.1) is 0 Å². The molecular weight excluding hydrogens is 212 g/mol. The third kappa shape index (κ3) is 1.39. The molecule has 0 aliphatic heterocycles. The lowest BCUT2D eigenvalue weighted by atomic mass is 9.93. The van der Waals surface area contributed by atoms with Crippen molar-refractivity contribution >= 4 is 16.8 Å². The van der Waals surface area contributed by atoms with Gasteiger partial charge in [0.1, 0.15) is 0 Å². The lowest BCUT2D eigenvalue weighted by Crippen LogP contribution is -2.45. The Bertz CT molecular complexity index is 615. The van der Waals surface area contributed by atoms with Gasteiger partial charge in [0.05, 0.1) is 5.54 Å². The molecule has 3 N–H and O–H groups in total. The summed E-state index contributed by atoms with van der Waals surface area (Å²) in [5, 5.41) is 5.34. The van der Waals surface area contributed by atoms with Crippen LogP contribution < -0.4 is 11.1 Å². The van der Waals surface area contributed by atoms with Crippen LogP contribution in [0.1, 0.15) is 18.1 Å². The Labute approximate surface area is 99.6 Å². The quantitative estimate of drug-likeness (QED) is 0.770. The minimum atomic E-state index is -0.475. The van der Waals surface area contributed by atoms with Gasteiger partial charge >= 0.3 is 6.03 Å². The van der Waals surface area contributed by atoms with Crippen molar-refractivity contribution in [2.75, 3.05) is 0 Å². The van der Waals surface area contributed by atoms with Gasteiger partial charge in [0, 0.05) is 6.42 Å². The molecular formula is C14H14N2O. The van der Waals surface area contributed by atoms with E-state index in [2.05, 4.69) is 35.6 Å². The van der Waals surface area contributed by atoms with Gasteiger partial charge in [0.25, 0.3) is 0 Å². The summed E-state index contributed by atoms with van der Waals surface area (Å²) in [4.78, 5) is 11.1. The molecule has 0 aromatic heterocycles. The van der Waals surface area contributed by atoms with E-state index in [0.29, 0.717) is 0 Å². The Morgan fingerprint density at radius 1 is 1.29 bits per heavy atom. The maximum Gasteiger partial charge on any atom is 0.312 e. The first kappa shape index (κ1) is 10.1. The Balaban J connectivity index is 2.25. The number of nitrogens with two attached hydrogens (primary N) is 1. The molecule has 3 nitrogen and oxygen atoms in total. The molecule has 1 aliphatic carbocycles. The lowest BCUT2D eigenvalue weighted by molar-refractivity contribution is 0.236. The normalized spacial score (nSPS) is 21.7. The first-order valence-corrected chi connectivity index (χ1v) is 5.69. The van der Waals surface area contributed by atoms with Crippen LogP contribution in [0.25, 0.3) is 10.8 Å². The summed E-state index contributed by atoms with van der Waals surface area (Å²) in [5.74, 6) is 0. The summed E-state index contributed by atoms with van der Waals surface area (Å²) in [5.41, 5.74) is 7.32. The summed E-state index contributed by atoms with van der Waals surface area (Å²) in [6, 6.07) is 12.0. The molecule has 0 saturated heterocycles. The first-order valence-electron chi connectivity index (χ1n) is 5.69. The zero-order valence-corrected chi connectivity index (χ0v) is 9.66. The van der Waals surface area contributed by atoms with Gasteiger partial charge in [0.2, 0.25) is 0 Å². The van der Waals surface area contributed by atoms with Crippen LogP contribution in [0.3, 0.4) is 0 Å². The molecule has 2 aromatic carbocycles. The highest BCUT2D eigenvalue weighted by molar-refractivity contribution is 5.92. The fourth-order valence-electron chi connectivity index (χ4n) is 2.89. The van der Waals surface area contributed by atoms with Crippen molar-refractivity contribution in [3.63, 3.8) is 0 Å². The van der Waals surface area contributed by atoms with Crippen molar-refractivity contribution in [1.82, 2.24) is 5.32 Å². The minimum absolute atomic E-state index is 0.380.